The normalized spacial score (nSPS) is 14.8. The third-order valence-corrected chi connectivity index (χ3v) is 5.76. The largest absolute Gasteiger partial charge is 0.378 e. The molecule has 1 aliphatic heterocycles. The topological polar surface area (TPSA) is 66.9 Å². The minimum atomic E-state index is -3.27. The minimum Gasteiger partial charge on any atom is -0.378 e. The van der Waals surface area contributed by atoms with Crippen LogP contribution in [-0.2, 0) is 21.1 Å². The summed E-state index contributed by atoms with van der Waals surface area (Å²) in [5.41, 5.74) is 2.66. The molecule has 0 bridgehead atoms. The van der Waals surface area contributed by atoms with E-state index in [9.17, 15) is 13.2 Å². The summed E-state index contributed by atoms with van der Waals surface area (Å²) in [6.45, 7) is 3.55. The molecule has 0 N–H and O–H groups in total. The minimum absolute atomic E-state index is 0.146. The van der Waals surface area contributed by atoms with E-state index in [0.29, 0.717) is 25.3 Å². The zero-order valence-corrected chi connectivity index (χ0v) is 16.4. The Kier molecular flexibility index (Phi) is 5.82. The first-order valence-corrected chi connectivity index (χ1v) is 10.7. The summed E-state index contributed by atoms with van der Waals surface area (Å²) < 4.78 is 28.6. The van der Waals surface area contributed by atoms with Crippen LogP contribution in [0.2, 0.25) is 0 Å². The Morgan fingerprint density at radius 1 is 1.07 bits per heavy atom. The predicted octanol–water partition coefficient (Wildman–Crippen LogP) is 2.20. The molecule has 2 aromatic rings. The van der Waals surface area contributed by atoms with Gasteiger partial charge in [-0.3, -0.25) is 4.79 Å². The van der Waals surface area contributed by atoms with Crippen LogP contribution >= 0.6 is 0 Å². The van der Waals surface area contributed by atoms with Crippen LogP contribution in [0.3, 0.4) is 0 Å². The maximum absolute atomic E-state index is 12.7. The summed E-state index contributed by atoms with van der Waals surface area (Å²) >= 11 is 0. The third-order valence-electron chi connectivity index (χ3n) is 4.63. The van der Waals surface area contributed by atoms with Crippen molar-refractivity contribution in [2.24, 2.45) is 0 Å². The molecule has 3 rings (SSSR count). The van der Waals surface area contributed by atoms with E-state index >= 15 is 0 Å². The number of hydrogen-bond acceptors (Lipinski definition) is 5. The van der Waals surface area contributed by atoms with E-state index in [4.69, 9.17) is 4.74 Å². The molecule has 1 heterocycles. The van der Waals surface area contributed by atoms with Gasteiger partial charge in [-0.05, 0) is 35.9 Å². The third kappa shape index (κ3) is 4.67. The molecule has 1 aliphatic rings. The van der Waals surface area contributed by atoms with E-state index in [2.05, 4.69) is 11.0 Å². The summed E-state index contributed by atoms with van der Waals surface area (Å²) in [5, 5.41) is 0. The molecular weight excluding hydrogens is 364 g/mol. The molecule has 27 heavy (non-hydrogen) atoms. The van der Waals surface area contributed by atoms with E-state index in [1.54, 1.807) is 24.1 Å². The van der Waals surface area contributed by atoms with Crippen LogP contribution in [0, 0.1) is 0 Å². The molecule has 0 radical (unpaired) electrons. The number of morpholine rings is 1. The maximum Gasteiger partial charge on any atom is 0.253 e. The fourth-order valence-electron chi connectivity index (χ4n) is 3.15. The van der Waals surface area contributed by atoms with Crippen molar-refractivity contribution >= 4 is 21.4 Å². The smallest absolute Gasteiger partial charge is 0.253 e. The Labute approximate surface area is 160 Å². The van der Waals surface area contributed by atoms with Gasteiger partial charge in [-0.25, -0.2) is 8.42 Å². The van der Waals surface area contributed by atoms with Gasteiger partial charge < -0.3 is 14.5 Å². The summed E-state index contributed by atoms with van der Waals surface area (Å²) in [7, 11) is -1.52. The molecule has 1 fully saturated rings. The number of carbonyl (C=O) groups is 1. The van der Waals surface area contributed by atoms with Crippen molar-refractivity contribution in [3.05, 3.63) is 59.7 Å². The number of amides is 1. The second kappa shape index (κ2) is 8.10. The van der Waals surface area contributed by atoms with Crippen molar-refractivity contribution in [2.45, 2.75) is 11.4 Å². The van der Waals surface area contributed by atoms with Crippen LogP contribution < -0.4 is 4.90 Å². The van der Waals surface area contributed by atoms with E-state index in [0.717, 1.165) is 30.6 Å². The van der Waals surface area contributed by atoms with Crippen molar-refractivity contribution in [1.29, 1.82) is 0 Å². The fourth-order valence-corrected chi connectivity index (χ4v) is 3.78. The summed E-state index contributed by atoms with van der Waals surface area (Å²) in [6, 6.07) is 14.1. The number of anilines is 1. The highest BCUT2D eigenvalue weighted by atomic mass is 32.2. The monoisotopic (exact) mass is 388 g/mol. The van der Waals surface area contributed by atoms with Crippen molar-refractivity contribution in [1.82, 2.24) is 4.90 Å². The number of hydrogen-bond donors (Lipinski definition) is 0. The summed E-state index contributed by atoms with van der Waals surface area (Å²) in [4.78, 5) is 16.9. The van der Waals surface area contributed by atoms with Gasteiger partial charge in [0.2, 0.25) is 0 Å². The second-order valence-corrected chi connectivity index (χ2v) is 8.70. The van der Waals surface area contributed by atoms with Gasteiger partial charge in [0.25, 0.3) is 5.91 Å². The van der Waals surface area contributed by atoms with E-state index in [1.165, 1.54) is 12.1 Å². The Balaban J connectivity index is 1.75. The SMILES string of the molecule is CN(Cc1ccccc1N1CCOCC1)C(=O)c1ccc(S(C)(=O)=O)cc1. The first kappa shape index (κ1) is 19.4. The molecule has 0 saturated carbocycles. The van der Waals surface area contributed by atoms with Crippen LogP contribution in [0.5, 0.6) is 0 Å². The van der Waals surface area contributed by atoms with E-state index < -0.39 is 9.84 Å². The van der Waals surface area contributed by atoms with Crippen molar-refractivity contribution in [3.63, 3.8) is 0 Å². The molecule has 144 valence electrons. The molecular formula is C20H24N2O4S. The zero-order chi connectivity index (χ0) is 19.4. The number of sulfone groups is 1. The lowest BCUT2D eigenvalue weighted by Crippen LogP contribution is -2.37. The van der Waals surface area contributed by atoms with Crippen LogP contribution in [-0.4, -0.2) is 58.8 Å². The van der Waals surface area contributed by atoms with E-state index in [1.807, 2.05) is 18.2 Å². The van der Waals surface area contributed by atoms with Gasteiger partial charge >= 0.3 is 0 Å². The van der Waals surface area contributed by atoms with Gasteiger partial charge in [0.05, 0.1) is 18.1 Å². The predicted molar refractivity (Wildman–Crippen MR) is 105 cm³/mol. The molecule has 0 unspecified atom stereocenters. The summed E-state index contributed by atoms with van der Waals surface area (Å²) in [5.74, 6) is -0.146. The first-order chi connectivity index (χ1) is 12.9. The molecule has 1 amide bonds. The van der Waals surface area contributed by atoms with Gasteiger partial charge in [-0.15, -0.1) is 0 Å². The number of carbonyl (C=O) groups excluding carboxylic acids is 1. The average Bonchev–Trinajstić information content (AvgIpc) is 2.68. The first-order valence-electron chi connectivity index (χ1n) is 8.82. The molecule has 0 aliphatic carbocycles. The van der Waals surface area contributed by atoms with Crippen LogP contribution in [0.4, 0.5) is 5.69 Å². The lowest BCUT2D eigenvalue weighted by molar-refractivity contribution is 0.0784. The van der Waals surface area contributed by atoms with Crippen molar-refractivity contribution in [2.75, 3.05) is 44.5 Å². The standard InChI is InChI=1S/C20H24N2O4S/c1-21(20(23)16-7-9-18(10-8-16)27(2,24)25)15-17-5-3-4-6-19(17)22-11-13-26-14-12-22/h3-10H,11-15H2,1-2H3. The fraction of sp³-hybridized carbons (Fsp3) is 0.350. The number of para-hydroxylation sites is 1. The number of benzene rings is 2. The van der Waals surface area contributed by atoms with Crippen LogP contribution in [0.25, 0.3) is 0 Å². The molecule has 0 atom stereocenters. The van der Waals surface area contributed by atoms with Gasteiger partial charge in [0, 0.05) is 44.2 Å². The molecule has 2 aromatic carbocycles. The summed E-state index contributed by atoms with van der Waals surface area (Å²) in [6.07, 6.45) is 1.15. The number of rotatable bonds is 5. The molecule has 0 spiro atoms. The number of ether oxygens (including phenoxy) is 1. The van der Waals surface area contributed by atoms with Crippen molar-refractivity contribution in [3.8, 4) is 0 Å². The Hall–Kier alpha value is -2.38. The molecule has 1 saturated heterocycles. The highest BCUT2D eigenvalue weighted by Crippen LogP contribution is 2.23. The van der Waals surface area contributed by atoms with Gasteiger partial charge in [0.1, 0.15) is 0 Å². The molecule has 6 nitrogen and oxygen atoms in total. The van der Waals surface area contributed by atoms with Gasteiger partial charge in [-0.1, -0.05) is 18.2 Å². The van der Waals surface area contributed by atoms with Crippen LogP contribution in [0.15, 0.2) is 53.4 Å². The highest BCUT2D eigenvalue weighted by Gasteiger charge is 2.18. The molecule has 7 heteroatoms. The quantitative estimate of drug-likeness (QED) is 0.786. The van der Waals surface area contributed by atoms with Gasteiger partial charge in [0.15, 0.2) is 9.84 Å². The Bertz CT molecular complexity index is 904. The highest BCUT2D eigenvalue weighted by molar-refractivity contribution is 7.90. The lowest BCUT2D eigenvalue weighted by atomic mass is 10.1. The Morgan fingerprint density at radius 2 is 1.70 bits per heavy atom. The zero-order valence-electron chi connectivity index (χ0n) is 15.6. The van der Waals surface area contributed by atoms with Crippen molar-refractivity contribution < 1.29 is 17.9 Å². The second-order valence-electron chi connectivity index (χ2n) is 6.69. The number of nitrogens with zero attached hydrogens (tertiary/aromatic N) is 2. The lowest BCUT2D eigenvalue weighted by Gasteiger charge is -2.31. The maximum atomic E-state index is 12.7. The van der Waals surface area contributed by atoms with Gasteiger partial charge in [-0.2, -0.15) is 0 Å². The van der Waals surface area contributed by atoms with E-state index in [-0.39, 0.29) is 10.8 Å². The average molecular weight is 388 g/mol. The Morgan fingerprint density at radius 3 is 2.33 bits per heavy atom. The molecule has 0 aromatic heterocycles. The van der Waals surface area contributed by atoms with Crippen LogP contribution in [0.1, 0.15) is 15.9 Å².